The van der Waals surface area contributed by atoms with Crippen molar-refractivity contribution in [3.8, 4) is 0 Å². The summed E-state index contributed by atoms with van der Waals surface area (Å²) in [5, 5.41) is 0. The summed E-state index contributed by atoms with van der Waals surface area (Å²) >= 11 is 0. The summed E-state index contributed by atoms with van der Waals surface area (Å²) in [6.07, 6.45) is 1.25. The molecule has 3 N–H and O–H groups in total. The second-order valence-corrected chi connectivity index (χ2v) is 2.31. The Kier molecular flexibility index (Phi) is 6.09. The van der Waals surface area contributed by atoms with Crippen molar-refractivity contribution in [3.05, 3.63) is 35.4 Å². The minimum Gasteiger partial charge on any atom is -0.298 e. The number of rotatable bonds is 2. The maximum Gasteiger partial charge on any atom is 0.221 e. The van der Waals surface area contributed by atoms with Gasteiger partial charge in [0.1, 0.15) is 6.29 Å². The lowest BCUT2D eigenvalue weighted by molar-refractivity contribution is -0.109. The highest BCUT2D eigenvalue weighted by atomic mass is 16.1. The molecule has 70 valence electrons. The van der Waals surface area contributed by atoms with Crippen LogP contribution in [0.5, 0.6) is 0 Å². The largest absolute Gasteiger partial charge is 0.298 e. The predicted molar refractivity (Wildman–Crippen MR) is 50.0 cm³/mol. The number of nitrogens with one attached hydrogen (secondary N) is 1. The van der Waals surface area contributed by atoms with E-state index < -0.39 is 0 Å². The molecule has 0 saturated heterocycles. The third kappa shape index (κ3) is 5.57. The van der Waals surface area contributed by atoms with Crippen LogP contribution in [0, 0.1) is 6.92 Å². The van der Waals surface area contributed by atoms with Crippen molar-refractivity contribution in [3.63, 3.8) is 0 Å². The van der Waals surface area contributed by atoms with E-state index >= 15 is 0 Å². The average molecular weight is 180 g/mol. The molecule has 0 aliphatic rings. The van der Waals surface area contributed by atoms with E-state index in [2.05, 4.69) is 5.84 Å². The molecule has 0 aromatic heterocycles. The van der Waals surface area contributed by atoms with Crippen LogP contribution >= 0.6 is 0 Å². The van der Waals surface area contributed by atoms with Crippen LogP contribution in [0.25, 0.3) is 0 Å². The van der Waals surface area contributed by atoms with Crippen LogP contribution in [-0.4, -0.2) is 12.7 Å². The normalized spacial score (nSPS) is 7.85. The van der Waals surface area contributed by atoms with Gasteiger partial charge in [-0.25, -0.2) is 5.84 Å². The second-order valence-electron chi connectivity index (χ2n) is 2.31. The van der Waals surface area contributed by atoms with Crippen molar-refractivity contribution in [2.24, 2.45) is 5.84 Å². The molecular formula is C9H12N2O2. The molecule has 1 aromatic carbocycles. The van der Waals surface area contributed by atoms with Crippen LogP contribution < -0.4 is 11.3 Å². The van der Waals surface area contributed by atoms with Crippen molar-refractivity contribution in [2.45, 2.75) is 6.92 Å². The average Bonchev–Trinajstić information content (AvgIpc) is 2.19. The molecule has 0 aliphatic carbocycles. The van der Waals surface area contributed by atoms with E-state index in [9.17, 15) is 4.79 Å². The highest BCUT2D eigenvalue weighted by Crippen LogP contribution is 1.98. The third-order valence-corrected chi connectivity index (χ3v) is 1.28. The Hall–Kier alpha value is -1.68. The number of aryl methyl sites for hydroxylation is 1. The molecule has 0 aliphatic heterocycles. The lowest BCUT2D eigenvalue weighted by Gasteiger charge is -1.89. The van der Waals surface area contributed by atoms with Crippen molar-refractivity contribution in [1.29, 1.82) is 0 Å². The number of carbonyl (C=O) groups is 2. The van der Waals surface area contributed by atoms with Crippen LogP contribution in [0.15, 0.2) is 24.3 Å². The molecule has 1 aromatic rings. The first-order valence-corrected chi connectivity index (χ1v) is 3.66. The van der Waals surface area contributed by atoms with Gasteiger partial charge in [0, 0.05) is 5.56 Å². The zero-order valence-corrected chi connectivity index (χ0v) is 7.36. The summed E-state index contributed by atoms with van der Waals surface area (Å²) in [5.41, 5.74) is 3.67. The van der Waals surface area contributed by atoms with Gasteiger partial charge in [-0.3, -0.25) is 15.0 Å². The van der Waals surface area contributed by atoms with Crippen LogP contribution in [0.1, 0.15) is 15.9 Å². The number of hydrogen-bond acceptors (Lipinski definition) is 3. The quantitative estimate of drug-likeness (QED) is 0.300. The number of hydrogen-bond donors (Lipinski definition) is 2. The minimum absolute atomic E-state index is 0.403. The summed E-state index contributed by atoms with van der Waals surface area (Å²) in [4.78, 5) is 19.1. The lowest BCUT2D eigenvalue weighted by atomic mass is 10.2. The number of hydrazine groups is 1. The molecule has 0 unspecified atom stereocenters. The fourth-order valence-electron chi connectivity index (χ4n) is 0.645. The third-order valence-electron chi connectivity index (χ3n) is 1.28. The number of carbonyl (C=O) groups excluding carboxylic acids is 2. The van der Waals surface area contributed by atoms with E-state index in [-0.39, 0.29) is 0 Å². The predicted octanol–water partition coefficient (Wildman–Crippen LogP) is 0.414. The Labute approximate surface area is 76.7 Å². The van der Waals surface area contributed by atoms with E-state index in [1.54, 1.807) is 5.43 Å². The van der Waals surface area contributed by atoms with Crippen molar-refractivity contribution in [2.75, 3.05) is 0 Å². The highest BCUT2D eigenvalue weighted by molar-refractivity contribution is 5.74. The summed E-state index contributed by atoms with van der Waals surface area (Å²) in [5.74, 6) is 4.41. The second kappa shape index (κ2) is 7.00. The molecular weight excluding hydrogens is 168 g/mol. The smallest absolute Gasteiger partial charge is 0.221 e. The molecule has 1 rings (SSSR count). The number of amides is 1. The molecule has 0 fully saturated rings. The molecule has 13 heavy (non-hydrogen) atoms. The van der Waals surface area contributed by atoms with E-state index in [4.69, 9.17) is 4.79 Å². The molecule has 0 saturated carbocycles. The van der Waals surface area contributed by atoms with Crippen LogP contribution in [0.3, 0.4) is 0 Å². The van der Waals surface area contributed by atoms with Gasteiger partial charge in [0.25, 0.3) is 0 Å². The van der Waals surface area contributed by atoms with Crippen LogP contribution in [0.2, 0.25) is 0 Å². The Balaban J connectivity index is 0.000000310. The lowest BCUT2D eigenvalue weighted by Crippen LogP contribution is -2.18. The van der Waals surface area contributed by atoms with Gasteiger partial charge in [0.05, 0.1) is 0 Å². The van der Waals surface area contributed by atoms with Crippen molar-refractivity contribution < 1.29 is 9.59 Å². The van der Waals surface area contributed by atoms with E-state index in [1.165, 1.54) is 5.56 Å². The van der Waals surface area contributed by atoms with E-state index in [0.29, 0.717) is 6.41 Å². The number of nitrogens with two attached hydrogens (primary N) is 1. The highest BCUT2D eigenvalue weighted by Gasteiger charge is 1.85. The number of aldehydes is 1. The molecule has 0 spiro atoms. The van der Waals surface area contributed by atoms with Gasteiger partial charge >= 0.3 is 0 Å². The Morgan fingerprint density at radius 2 is 1.69 bits per heavy atom. The maximum absolute atomic E-state index is 10.1. The van der Waals surface area contributed by atoms with Gasteiger partial charge < -0.3 is 0 Å². The van der Waals surface area contributed by atoms with Gasteiger partial charge in [0.15, 0.2) is 0 Å². The molecule has 1 amide bonds. The fraction of sp³-hybridized carbons (Fsp3) is 0.111. The molecule has 4 nitrogen and oxygen atoms in total. The molecule has 0 radical (unpaired) electrons. The fourth-order valence-corrected chi connectivity index (χ4v) is 0.645. The Morgan fingerprint density at radius 1 is 1.23 bits per heavy atom. The minimum atomic E-state index is 0.403. The van der Waals surface area contributed by atoms with E-state index in [1.807, 2.05) is 31.2 Å². The van der Waals surface area contributed by atoms with Gasteiger partial charge in [-0.15, -0.1) is 0 Å². The molecule has 0 atom stereocenters. The zero-order valence-electron chi connectivity index (χ0n) is 7.36. The van der Waals surface area contributed by atoms with Gasteiger partial charge in [0.2, 0.25) is 6.41 Å². The summed E-state index contributed by atoms with van der Waals surface area (Å²) < 4.78 is 0. The monoisotopic (exact) mass is 180 g/mol. The first-order valence-electron chi connectivity index (χ1n) is 3.66. The van der Waals surface area contributed by atoms with Crippen LogP contribution in [-0.2, 0) is 4.79 Å². The molecule has 4 heteroatoms. The standard InChI is InChI=1S/C8H8O.CH4N2O/c1-7-2-4-8(6-9)5-3-7;2-3-1-4/h2-6H,1H3;1H,2H2,(H,3,4). The van der Waals surface area contributed by atoms with Gasteiger partial charge in [-0.05, 0) is 6.92 Å². The summed E-state index contributed by atoms with van der Waals surface area (Å²) in [6.45, 7) is 1.99. The van der Waals surface area contributed by atoms with Crippen molar-refractivity contribution >= 4 is 12.7 Å². The molecule has 0 heterocycles. The van der Waals surface area contributed by atoms with Crippen molar-refractivity contribution in [1.82, 2.24) is 5.43 Å². The SMILES string of the molecule is Cc1ccc(C=O)cc1.NNC=O. The van der Waals surface area contributed by atoms with Crippen LogP contribution in [0.4, 0.5) is 0 Å². The first-order chi connectivity index (χ1) is 6.24. The first kappa shape index (κ1) is 11.3. The Morgan fingerprint density at radius 3 is 2.00 bits per heavy atom. The topological polar surface area (TPSA) is 72.2 Å². The number of benzene rings is 1. The molecule has 0 bridgehead atoms. The maximum atomic E-state index is 10.1. The summed E-state index contributed by atoms with van der Waals surface area (Å²) in [6, 6.07) is 7.46. The summed E-state index contributed by atoms with van der Waals surface area (Å²) in [7, 11) is 0. The Bertz CT molecular complexity index is 257. The zero-order chi connectivity index (χ0) is 10.1. The van der Waals surface area contributed by atoms with Gasteiger partial charge in [-0.1, -0.05) is 29.8 Å². The van der Waals surface area contributed by atoms with Gasteiger partial charge in [-0.2, -0.15) is 0 Å². The van der Waals surface area contributed by atoms with E-state index in [0.717, 1.165) is 11.8 Å².